The van der Waals surface area contributed by atoms with Gasteiger partial charge >= 0.3 is 6.03 Å². The third-order valence-electron chi connectivity index (χ3n) is 1.97. The highest BCUT2D eigenvalue weighted by Crippen LogP contribution is 2.18. The molecule has 1 fully saturated rings. The lowest BCUT2D eigenvalue weighted by Crippen LogP contribution is -2.39. The van der Waals surface area contributed by atoms with Crippen molar-refractivity contribution >= 4 is 6.03 Å². The molecule has 1 aliphatic carbocycles. The number of carbonyl (C=O) groups excluding carboxylic acids is 1. The van der Waals surface area contributed by atoms with Crippen molar-refractivity contribution in [1.29, 1.82) is 0 Å². The van der Waals surface area contributed by atoms with Gasteiger partial charge in [-0.25, -0.2) is 4.79 Å². The van der Waals surface area contributed by atoms with E-state index < -0.39 is 0 Å². The molecule has 4 heteroatoms. The van der Waals surface area contributed by atoms with Crippen LogP contribution in [0.5, 0.6) is 0 Å². The number of amides is 2. The highest BCUT2D eigenvalue weighted by Gasteiger charge is 2.23. The summed E-state index contributed by atoms with van der Waals surface area (Å²) in [6.07, 6.45) is 2.15. The number of nitrogens with one attached hydrogen (secondary N) is 2. The summed E-state index contributed by atoms with van der Waals surface area (Å²) in [5, 5.41) is 14.3. The number of aliphatic hydroxyl groups excluding tert-OH is 1. The first-order valence-corrected chi connectivity index (χ1v) is 3.88. The van der Waals surface area contributed by atoms with Gasteiger partial charge in [0.25, 0.3) is 0 Å². The molecule has 1 saturated carbocycles. The van der Waals surface area contributed by atoms with Gasteiger partial charge in [-0.2, -0.15) is 0 Å². The van der Waals surface area contributed by atoms with E-state index >= 15 is 0 Å². The number of hydrogen-bond acceptors (Lipinski definition) is 2. The smallest absolute Gasteiger partial charge is 0.314 e. The van der Waals surface area contributed by atoms with Crippen molar-refractivity contribution in [2.24, 2.45) is 0 Å². The highest BCUT2D eigenvalue weighted by atomic mass is 16.3. The Kier molecular flexibility index (Phi) is 2.70. The first-order chi connectivity index (χ1) is 5.22. The molecule has 2 atom stereocenters. The van der Waals surface area contributed by atoms with Crippen molar-refractivity contribution < 1.29 is 9.90 Å². The highest BCUT2D eigenvalue weighted by molar-refractivity contribution is 5.73. The van der Waals surface area contributed by atoms with Gasteiger partial charge < -0.3 is 15.7 Å². The normalized spacial score (nSPS) is 30.0. The van der Waals surface area contributed by atoms with Crippen LogP contribution in [0.3, 0.4) is 0 Å². The van der Waals surface area contributed by atoms with Crippen LogP contribution in [0, 0.1) is 0 Å². The number of aliphatic hydroxyl groups is 1. The van der Waals surface area contributed by atoms with Crippen molar-refractivity contribution in [3.8, 4) is 0 Å². The van der Waals surface area contributed by atoms with Crippen LogP contribution in [0.1, 0.15) is 19.3 Å². The van der Waals surface area contributed by atoms with E-state index in [1.807, 2.05) is 0 Å². The van der Waals surface area contributed by atoms with Crippen molar-refractivity contribution in [2.45, 2.75) is 31.4 Å². The maximum atomic E-state index is 10.8. The lowest BCUT2D eigenvalue weighted by molar-refractivity contribution is 0.179. The van der Waals surface area contributed by atoms with Gasteiger partial charge in [0.1, 0.15) is 0 Å². The van der Waals surface area contributed by atoms with Crippen molar-refractivity contribution in [3.05, 3.63) is 0 Å². The quantitative estimate of drug-likeness (QED) is 0.496. The maximum Gasteiger partial charge on any atom is 0.314 e. The van der Waals surface area contributed by atoms with E-state index in [4.69, 9.17) is 5.11 Å². The Morgan fingerprint density at radius 1 is 1.55 bits per heavy atom. The van der Waals surface area contributed by atoms with Crippen LogP contribution in [0.15, 0.2) is 0 Å². The molecule has 64 valence electrons. The summed E-state index contributed by atoms with van der Waals surface area (Å²) in [5.74, 6) is 0. The van der Waals surface area contributed by atoms with E-state index in [-0.39, 0.29) is 18.2 Å². The minimum absolute atomic E-state index is 0.157. The zero-order valence-electron chi connectivity index (χ0n) is 6.63. The summed E-state index contributed by atoms with van der Waals surface area (Å²) >= 11 is 0. The largest absolute Gasteiger partial charge is 0.393 e. The van der Waals surface area contributed by atoms with Crippen LogP contribution >= 0.6 is 0 Å². The standard InChI is InChI=1S/C7H14N2O2/c1-8-7(11)9-5-2-3-6(10)4-5/h5-6,10H,2-4H2,1H3,(H2,8,9,11)/t5-,6+/m0/s1. The summed E-state index contributed by atoms with van der Waals surface area (Å²) in [7, 11) is 1.58. The van der Waals surface area contributed by atoms with Crippen molar-refractivity contribution in [2.75, 3.05) is 7.05 Å². The average molecular weight is 158 g/mol. The fourth-order valence-corrected chi connectivity index (χ4v) is 1.35. The Labute approximate surface area is 66.0 Å². The molecule has 0 heterocycles. The summed E-state index contributed by atoms with van der Waals surface area (Å²) in [6.45, 7) is 0. The molecular weight excluding hydrogens is 144 g/mol. The topological polar surface area (TPSA) is 61.4 Å². The van der Waals surface area contributed by atoms with E-state index in [1.54, 1.807) is 7.05 Å². The number of carbonyl (C=O) groups is 1. The molecule has 0 radical (unpaired) electrons. The Hall–Kier alpha value is -0.770. The van der Waals surface area contributed by atoms with Gasteiger partial charge in [0, 0.05) is 13.1 Å². The lowest BCUT2D eigenvalue weighted by atomic mass is 10.2. The molecule has 4 nitrogen and oxygen atoms in total. The van der Waals surface area contributed by atoms with Gasteiger partial charge in [0.2, 0.25) is 0 Å². The summed E-state index contributed by atoms with van der Waals surface area (Å²) < 4.78 is 0. The van der Waals surface area contributed by atoms with Gasteiger partial charge in [-0.05, 0) is 19.3 Å². The van der Waals surface area contributed by atoms with Crippen molar-refractivity contribution in [3.63, 3.8) is 0 Å². The Balaban J connectivity index is 2.23. The molecule has 0 aromatic heterocycles. The minimum atomic E-state index is -0.225. The Bertz CT molecular complexity index is 149. The zero-order valence-corrected chi connectivity index (χ0v) is 6.63. The second-order valence-electron chi connectivity index (χ2n) is 2.89. The van der Waals surface area contributed by atoms with Crippen molar-refractivity contribution in [1.82, 2.24) is 10.6 Å². The summed E-state index contributed by atoms with van der Waals surface area (Å²) in [5.41, 5.74) is 0. The minimum Gasteiger partial charge on any atom is -0.393 e. The van der Waals surface area contributed by atoms with Gasteiger partial charge in [0.15, 0.2) is 0 Å². The van der Waals surface area contributed by atoms with Gasteiger partial charge in [-0.3, -0.25) is 0 Å². The van der Waals surface area contributed by atoms with E-state index in [9.17, 15) is 4.79 Å². The van der Waals surface area contributed by atoms with Gasteiger partial charge in [-0.1, -0.05) is 0 Å². The van der Waals surface area contributed by atoms with Gasteiger partial charge in [0.05, 0.1) is 6.10 Å². The van der Waals surface area contributed by atoms with Crippen LogP contribution in [-0.4, -0.2) is 30.3 Å². The molecule has 1 rings (SSSR count). The fraction of sp³-hybridized carbons (Fsp3) is 0.857. The molecule has 2 amide bonds. The predicted octanol–water partition coefficient (Wildman–Crippen LogP) is -0.171. The van der Waals surface area contributed by atoms with Gasteiger partial charge in [-0.15, -0.1) is 0 Å². The zero-order chi connectivity index (χ0) is 8.27. The molecule has 0 bridgehead atoms. The first kappa shape index (κ1) is 8.33. The van der Waals surface area contributed by atoms with E-state index in [2.05, 4.69) is 10.6 Å². The lowest BCUT2D eigenvalue weighted by Gasteiger charge is -2.10. The van der Waals surface area contributed by atoms with E-state index in [0.29, 0.717) is 6.42 Å². The number of rotatable bonds is 1. The van der Waals surface area contributed by atoms with Crippen LogP contribution in [0.4, 0.5) is 4.79 Å². The Morgan fingerprint density at radius 3 is 2.73 bits per heavy atom. The molecule has 0 unspecified atom stereocenters. The molecule has 1 aliphatic rings. The molecule has 0 aromatic carbocycles. The summed E-state index contributed by atoms with van der Waals surface area (Å²) in [6, 6.07) is -0.00551. The Morgan fingerprint density at radius 2 is 2.27 bits per heavy atom. The average Bonchev–Trinajstić information content (AvgIpc) is 2.35. The molecular formula is C7H14N2O2. The van der Waals surface area contributed by atoms with E-state index in [1.165, 1.54) is 0 Å². The monoisotopic (exact) mass is 158 g/mol. The molecule has 3 N–H and O–H groups in total. The number of urea groups is 1. The third kappa shape index (κ3) is 2.38. The molecule has 0 aliphatic heterocycles. The van der Waals surface area contributed by atoms with Crippen LogP contribution in [-0.2, 0) is 0 Å². The number of hydrogen-bond donors (Lipinski definition) is 3. The van der Waals surface area contributed by atoms with Crippen LogP contribution in [0.2, 0.25) is 0 Å². The van der Waals surface area contributed by atoms with Crippen LogP contribution < -0.4 is 10.6 Å². The SMILES string of the molecule is CNC(=O)N[C@H]1CC[C@@H](O)C1. The maximum absolute atomic E-state index is 10.8. The molecule has 0 spiro atoms. The third-order valence-corrected chi connectivity index (χ3v) is 1.97. The molecule has 11 heavy (non-hydrogen) atoms. The van der Waals surface area contributed by atoms with Crippen LogP contribution in [0.25, 0.3) is 0 Å². The fourth-order valence-electron chi connectivity index (χ4n) is 1.35. The van der Waals surface area contributed by atoms with E-state index in [0.717, 1.165) is 12.8 Å². The summed E-state index contributed by atoms with van der Waals surface area (Å²) in [4.78, 5) is 10.8. The molecule has 0 saturated heterocycles. The predicted molar refractivity (Wildman–Crippen MR) is 41.2 cm³/mol. The second kappa shape index (κ2) is 3.57. The second-order valence-corrected chi connectivity index (χ2v) is 2.89. The molecule has 0 aromatic rings. The first-order valence-electron chi connectivity index (χ1n) is 3.88.